The van der Waals surface area contributed by atoms with Gasteiger partial charge in [0.2, 0.25) is 10.0 Å². The van der Waals surface area contributed by atoms with Gasteiger partial charge in [0.1, 0.15) is 0 Å². The van der Waals surface area contributed by atoms with Crippen molar-refractivity contribution < 1.29 is 8.42 Å². The van der Waals surface area contributed by atoms with Crippen LogP contribution < -0.4 is 10.5 Å². The van der Waals surface area contributed by atoms with E-state index in [1.807, 2.05) is 24.5 Å². The fourth-order valence-corrected chi connectivity index (χ4v) is 2.28. The zero-order valence-electron chi connectivity index (χ0n) is 10.3. The minimum Gasteiger partial charge on any atom is -0.394 e. The lowest BCUT2D eigenvalue weighted by Crippen LogP contribution is -2.09. The molecule has 0 spiro atoms. The van der Waals surface area contributed by atoms with E-state index in [4.69, 9.17) is 5.73 Å². The molecular weight excluding hydrogens is 268 g/mol. The second-order valence-electron chi connectivity index (χ2n) is 3.84. The maximum Gasteiger partial charge on any atom is 0.229 e. The third-order valence-corrected chi connectivity index (χ3v) is 3.41. The maximum absolute atomic E-state index is 11.0. The number of anilines is 1. The first-order valence-corrected chi connectivity index (χ1v) is 7.91. The van der Waals surface area contributed by atoms with Gasteiger partial charge in [-0.05, 0) is 35.6 Å². The van der Waals surface area contributed by atoms with Crippen molar-refractivity contribution in [3.63, 3.8) is 0 Å². The van der Waals surface area contributed by atoms with Gasteiger partial charge in [-0.3, -0.25) is 4.72 Å². The Kier molecular flexibility index (Phi) is 4.86. The van der Waals surface area contributed by atoms with Crippen molar-refractivity contribution in [2.24, 2.45) is 5.73 Å². The highest BCUT2D eigenvalue weighted by Gasteiger charge is 2.02. The molecule has 0 aromatic heterocycles. The van der Waals surface area contributed by atoms with Crippen LogP contribution in [0.15, 0.2) is 41.3 Å². The van der Waals surface area contributed by atoms with E-state index >= 15 is 0 Å². The van der Waals surface area contributed by atoms with Crippen molar-refractivity contribution in [1.82, 2.24) is 0 Å². The maximum atomic E-state index is 11.0. The molecule has 0 fully saturated rings. The SMILES string of the molecule is C=C(N)S/C=C(\C)c1ccc(NS(C)(=O)=O)cc1. The van der Waals surface area contributed by atoms with Crippen molar-refractivity contribution in [3.8, 4) is 0 Å². The van der Waals surface area contributed by atoms with Crippen LogP contribution in [0.3, 0.4) is 0 Å². The number of hydrogen-bond donors (Lipinski definition) is 2. The summed E-state index contributed by atoms with van der Waals surface area (Å²) in [4.78, 5) is 0. The predicted molar refractivity (Wildman–Crippen MR) is 79.5 cm³/mol. The Bertz CT molecular complexity index is 560. The molecule has 0 amide bonds. The highest BCUT2D eigenvalue weighted by molar-refractivity contribution is 8.05. The molecule has 18 heavy (non-hydrogen) atoms. The number of thioether (sulfide) groups is 1. The van der Waals surface area contributed by atoms with Gasteiger partial charge >= 0.3 is 0 Å². The van der Waals surface area contributed by atoms with Crippen LogP contribution in [-0.2, 0) is 10.0 Å². The zero-order chi connectivity index (χ0) is 13.8. The molecule has 0 aliphatic rings. The number of benzene rings is 1. The summed E-state index contributed by atoms with van der Waals surface area (Å²) in [6.07, 6.45) is 1.12. The fraction of sp³-hybridized carbons (Fsp3) is 0.167. The third-order valence-electron chi connectivity index (χ3n) is 2.03. The van der Waals surface area contributed by atoms with Crippen molar-refractivity contribution in [2.75, 3.05) is 11.0 Å². The summed E-state index contributed by atoms with van der Waals surface area (Å²) in [5, 5.41) is 2.44. The molecule has 0 saturated carbocycles. The molecule has 0 heterocycles. The number of nitrogens with one attached hydrogen (secondary N) is 1. The molecule has 98 valence electrons. The second kappa shape index (κ2) is 5.97. The first kappa shape index (κ1) is 14.7. The summed E-state index contributed by atoms with van der Waals surface area (Å²) in [5.74, 6) is 0. The molecule has 0 bridgehead atoms. The molecule has 4 nitrogen and oxygen atoms in total. The van der Waals surface area contributed by atoms with Crippen molar-refractivity contribution in [1.29, 1.82) is 0 Å². The van der Waals surface area contributed by atoms with Gasteiger partial charge in [-0.15, -0.1) is 0 Å². The lowest BCUT2D eigenvalue weighted by Gasteiger charge is -2.06. The summed E-state index contributed by atoms with van der Waals surface area (Å²) in [6.45, 7) is 5.55. The number of sulfonamides is 1. The number of allylic oxidation sites excluding steroid dienone is 1. The third kappa shape index (κ3) is 5.29. The fourth-order valence-electron chi connectivity index (χ4n) is 1.25. The normalized spacial score (nSPS) is 12.2. The molecular formula is C12H16N2O2S2. The van der Waals surface area contributed by atoms with Crippen LogP contribution in [-0.4, -0.2) is 14.7 Å². The summed E-state index contributed by atoms with van der Waals surface area (Å²) in [7, 11) is -3.23. The van der Waals surface area contributed by atoms with Gasteiger partial charge in [0.05, 0.1) is 11.3 Å². The Balaban J connectivity index is 2.83. The quantitative estimate of drug-likeness (QED) is 0.871. The molecule has 0 saturated heterocycles. The minimum atomic E-state index is -3.23. The van der Waals surface area contributed by atoms with E-state index in [0.29, 0.717) is 10.7 Å². The molecule has 0 radical (unpaired) electrons. The summed E-state index contributed by atoms with van der Waals surface area (Å²) < 4.78 is 24.5. The lowest BCUT2D eigenvalue weighted by atomic mass is 10.1. The first-order chi connectivity index (χ1) is 8.28. The highest BCUT2D eigenvalue weighted by atomic mass is 32.2. The monoisotopic (exact) mass is 284 g/mol. The van der Waals surface area contributed by atoms with Crippen molar-refractivity contribution in [3.05, 3.63) is 46.8 Å². The number of nitrogens with two attached hydrogens (primary N) is 1. The van der Waals surface area contributed by atoms with Gasteiger partial charge in [-0.2, -0.15) is 0 Å². The Morgan fingerprint density at radius 3 is 2.39 bits per heavy atom. The van der Waals surface area contributed by atoms with Crippen LogP contribution in [0, 0.1) is 0 Å². The molecule has 0 aliphatic heterocycles. The Morgan fingerprint density at radius 2 is 1.94 bits per heavy atom. The standard InChI is InChI=1S/C12H16N2O2S2/c1-9(8-17-10(2)13)11-4-6-12(7-5-11)14-18(3,15)16/h4-8,14H,2,13H2,1,3H3/b9-8+. The van der Waals surface area contributed by atoms with Crippen LogP contribution in [0.2, 0.25) is 0 Å². The van der Waals surface area contributed by atoms with E-state index < -0.39 is 10.0 Å². The Morgan fingerprint density at radius 1 is 1.39 bits per heavy atom. The van der Waals surface area contributed by atoms with Gasteiger partial charge in [0.25, 0.3) is 0 Å². The van der Waals surface area contributed by atoms with Crippen LogP contribution in [0.25, 0.3) is 5.57 Å². The van der Waals surface area contributed by atoms with Gasteiger partial charge in [0, 0.05) is 5.69 Å². The van der Waals surface area contributed by atoms with Gasteiger partial charge in [-0.1, -0.05) is 30.5 Å². The molecule has 0 atom stereocenters. The molecule has 1 aromatic carbocycles. The number of rotatable bonds is 5. The molecule has 1 rings (SSSR count). The summed E-state index contributed by atoms with van der Waals surface area (Å²) >= 11 is 1.36. The van der Waals surface area contributed by atoms with Gasteiger partial charge in [0.15, 0.2) is 0 Å². The van der Waals surface area contributed by atoms with Gasteiger partial charge in [-0.25, -0.2) is 8.42 Å². The summed E-state index contributed by atoms with van der Waals surface area (Å²) in [5.41, 5.74) is 8.05. The van der Waals surface area contributed by atoms with Crippen LogP contribution >= 0.6 is 11.8 Å². The Labute approximate surface area is 112 Å². The van der Waals surface area contributed by atoms with Crippen LogP contribution in [0.1, 0.15) is 12.5 Å². The average molecular weight is 284 g/mol. The molecule has 1 aromatic rings. The lowest BCUT2D eigenvalue weighted by molar-refractivity contribution is 0.607. The van der Waals surface area contributed by atoms with E-state index in [9.17, 15) is 8.42 Å². The average Bonchev–Trinajstić information content (AvgIpc) is 2.24. The summed E-state index contributed by atoms with van der Waals surface area (Å²) in [6, 6.07) is 7.13. The largest absolute Gasteiger partial charge is 0.394 e. The Hall–Kier alpha value is -1.40. The molecule has 6 heteroatoms. The second-order valence-corrected chi connectivity index (χ2v) is 6.58. The van der Waals surface area contributed by atoms with Crippen molar-refractivity contribution in [2.45, 2.75) is 6.92 Å². The van der Waals surface area contributed by atoms with E-state index in [2.05, 4.69) is 11.3 Å². The highest BCUT2D eigenvalue weighted by Crippen LogP contribution is 2.22. The van der Waals surface area contributed by atoms with E-state index in [1.54, 1.807) is 12.1 Å². The zero-order valence-corrected chi connectivity index (χ0v) is 11.9. The molecule has 0 aliphatic carbocycles. The van der Waals surface area contributed by atoms with Crippen molar-refractivity contribution >= 4 is 33.0 Å². The smallest absolute Gasteiger partial charge is 0.229 e. The van der Waals surface area contributed by atoms with Crippen LogP contribution in [0.4, 0.5) is 5.69 Å². The minimum absolute atomic E-state index is 0.532. The van der Waals surface area contributed by atoms with E-state index in [1.165, 1.54) is 11.8 Å². The van der Waals surface area contributed by atoms with E-state index in [0.717, 1.165) is 17.4 Å². The van der Waals surface area contributed by atoms with Gasteiger partial charge < -0.3 is 5.73 Å². The molecule has 0 unspecified atom stereocenters. The molecule has 3 N–H and O–H groups in total. The topological polar surface area (TPSA) is 72.2 Å². The van der Waals surface area contributed by atoms with Crippen LogP contribution in [0.5, 0.6) is 0 Å². The first-order valence-electron chi connectivity index (χ1n) is 5.14. The number of hydrogen-bond acceptors (Lipinski definition) is 4. The van der Waals surface area contributed by atoms with E-state index in [-0.39, 0.29) is 0 Å². The predicted octanol–water partition coefficient (Wildman–Crippen LogP) is 2.58.